The number of carboxylic acid groups (broad SMARTS) is 1. The van der Waals surface area contributed by atoms with Crippen LogP contribution in [-0.2, 0) is 4.79 Å². The molecular weight excluding hydrogens is 238 g/mol. The molecule has 0 aromatic heterocycles. The molecule has 110 valence electrons. The quantitative estimate of drug-likeness (QED) is 0.793. The number of nitrogens with zero attached hydrogens (tertiary/aromatic N) is 1. The Hall–Kier alpha value is -0.570. The molecule has 1 N–H and O–H groups in total. The summed E-state index contributed by atoms with van der Waals surface area (Å²) in [5.41, 5.74) is 0.479. The van der Waals surface area contributed by atoms with E-state index in [4.69, 9.17) is 5.11 Å². The van der Waals surface area contributed by atoms with Crippen LogP contribution in [0, 0.1) is 5.41 Å². The van der Waals surface area contributed by atoms with Crippen molar-refractivity contribution in [3.8, 4) is 0 Å². The lowest BCUT2D eigenvalue weighted by atomic mass is 9.85. The van der Waals surface area contributed by atoms with Gasteiger partial charge in [-0.05, 0) is 50.5 Å². The Morgan fingerprint density at radius 3 is 2.68 bits per heavy atom. The van der Waals surface area contributed by atoms with Gasteiger partial charge in [0.15, 0.2) is 0 Å². The van der Waals surface area contributed by atoms with Crippen LogP contribution in [0.3, 0.4) is 0 Å². The summed E-state index contributed by atoms with van der Waals surface area (Å²) in [4.78, 5) is 13.6. The van der Waals surface area contributed by atoms with Crippen molar-refractivity contribution in [3.63, 3.8) is 0 Å². The van der Waals surface area contributed by atoms with Crippen LogP contribution in [0.4, 0.5) is 0 Å². The van der Waals surface area contributed by atoms with E-state index < -0.39 is 5.97 Å². The van der Waals surface area contributed by atoms with Crippen LogP contribution in [0.1, 0.15) is 71.6 Å². The Balaban J connectivity index is 1.99. The van der Waals surface area contributed by atoms with Gasteiger partial charge in [0, 0.05) is 12.1 Å². The zero-order chi connectivity index (χ0) is 13.9. The molecule has 0 spiro atoms. The highest BCUT2D eigenvalue weighted by molar-refractivity contribution is 5.67. The van der Waals surface area contributed by atoms with E-state index in [1.807, 2.05) is 0 Å². The van der Waals surface area contributed by atoms with E-state index in [1.165, 1.54) is 44.9 Å². The van der Waals surface area contributed by atoms with Crippen molar-refractivity contribution in [2.45, 2.75) is 83.7 Å². The minimum absolute atomic E-state index is 0.289. The van der Waals surface area contributed by atoms with E-state index in [2.05, 4.69) is 18.7 Å². The minimum Gasteiger partial charge on any atom is -0.481 e. The fraction of sp³-hybridized carbons (Fsp3) is 0.938. The monoisotopic (exact) mass is 267 g/mol. The third-order valence-corrected chi connectivity index (χ3v) is 5.10. The average molecular weight is 267 g/mol. The summed E-state index contributed by atoms with van der Waals surface area (Å²) in [7, 11) is 0. The summed E-state index contributed by atoms with van der Waals surface area (Å²) >= 11 is 0. The molecule has 1 aliphatic carbocycles. The van der Waals surface area contributed by atoms with Gasteiger partial charge in [0.2, 0.25) is 0 Å². The summed E-state index contributed by atoms with van der Waals surface area (Å²) in [6, 6.07) is 0.920. The van der Waals surface area contributed by atoms with E-state index in [0.717, 1.165) is 13.0 Å². The molecule has 2 fully saturated rings. The second-order valence-corrected chi connectivity index (χ2v) is 7.23. The lowest BCUT2D eigenvalue weighted by Crippen LogP contribution is -2.47. The summed E-state index contributed by atoms with van der Waals surface area (Å²) in [5, 5.41) is 9.09. The van der Waals surface area contributed by atoms with Gasteiger partial charge in [-0.25, -0.2) is 0 Å². The molecule has 0 radical (unpaired) electrons. The van der Waals surface area contributed by atoms with E-state index in [9.17, 15) is 4.79 Å². The molecule has 3 heteroatoms. The Kier molecular flexibility index (Phi) is 4.88. The highest BCUT2D eigenvalue weighted by Crippen LogP contribution is 2.37. The number of piperidine rings is 1. The van der Waals surface area contributed by atoms with Crippen LogP contribution in [-0.4, -0.2) is 34.6 Å². The van der Waals surface area contributed by atoms with Crippen molar-refractivity contribution in [2.75, 3.05) is 6.54 Å². The number of aliphatic carboxylic acids is 1. The second kappa shape index (κ2) is 6.25. The first-order chi connectivity index (χ1) is 8.98. The van der Waals surface area contributed by atoms with Crippen LogP contribution in [0.25, 0.3) is 0 Å². The number of hydrogen-bond acceptors (Lipinski definition) is 2. The molecule has 2 atom stereocenters. The van der Waals surface area contributed by atoms with Crippen molar-refractivity contribution in [2.24, 2.45) is 5.41 Å². The highest BCUT2D eigenvalue weighted by atomic mass is 16.4. The highest BCUT2D eigenvalue weighted by Gasteiger charge is 2.33. The predicted molar refractivity (Wildman–Crippen MR) is 77.3 cm³/mol. The van der Waals surface area contributed by atoms with Gasteiger partial charge in [-0.3, -0.25) is 9.69 Å². The molecule has 19 heavy (non-hydrogen) atoms. The van der Waals surface area contributed by atoms with Crippen molar-refractivity contribution in [1.82, 2.24) is 4.90 Å². The van der Waals surface area contributed by atoms with Crippen LogP contribution < -0.4 is 0 Å². The smallest absolute Gasteiger partial charge is 0.304 e. The number of likely N-dealkylation sites (tertiary alicyclic amines) is 1. The van der Waals surface area contributed by atoms with Crippen LogP contribution in [0.2, 0.25) is 0 Å². The summed E-state index contributed by atoms with van der Waals surface area (Å²) in [6.07, 6.45) is 10.3. The molecular formula is C16H29NO2. The zero-order valence-corrected chi connectivity index (χ0v) is 12.5. The maximum Gasteiger partial charge on any atom is 0.304 e. The first kappa shape index (κ1) is 14.8. The van der Waals surface area contributed by atoms with Crippen LogP contribution in [0.15, 0.2) is 0 Å². The molecule has 2 aliphatic rings. The number of hydrogen-bond donors (Lipinski definition) is 1. The molecule has 0 bridgehead atoms. The standard InChI is InChI=1S/C16H29NO2/c1-16(2)9-5-7-13(8-10-16)17-11-4-3-6-14(17)12-15(18)19/h13-14H,3-12H2,1-2H3,(H,18,19). The maximum atomic E-state index is 11.0. The van der Waals surface area contributed by atoms with Crippen molar-refractivity contribution in [1.29, 1.82) is 0 Å². The zero-order valence-electron chi connectivity index (χ0n) is 12.5. The average Bonchev–Trinajstić information content (AvgIpc) is 2.50. The first-order valence-corrected chi connectivity index (χ1v) is 7.95. The largest absolute Gasteiger partial charge is 0.481 e. The number of carbonyl (C=O) groups is 1. The number of rotatable bonds is 3. The first-order valence-electron chi connectivity index (χ1n) is 7.95. The third kappa shape index (κ3) is 4.20. The SMILES string of the molecule is CC1(C)CCCC(N2CCCCC2CC(=O)O)CC1. The number of carboxylic acids is 1. The van der Waals surface area contributed by atoms with Gasteiger partial charge < -0.3 is 5.11 Å². The summed E-state index contributed by atoms with van der Waals surface area (Å²) in [6.45, 7) is 5.86. The lowest BCUT2D eigenvalue weighted by Gasteiger charge is -2.40. The van der Waals surface area contributed by atoms with Gasteiger partial charge >= 0.3 is 5.97 Å². The van der Waals surface area contributed by atoms with Gasteiger partial charge in [0.1, 0.15) is 0 Å². The van der Waals surface area contributed by atoms with Crippen LogP contribution >= 0.6 is 0 Å². The topological polar surface area (TPSA) is 40.5 Å². The Morgan fingerprint density at radius 2 is 1.95 bits per heavy atom. The Labute approximate surface area is 117 Å². The van der Waals surface area contributed by atoms with E-state index in [-0.39, 0.29) is 6.04 Å². The molecule has 1 aliphatic heterocycles. The van der Waals surface area contributed by atoms with Crippen molar-refractivity contribution in [3.05, 3.63) is 0 Å². The van der Waals surface area contributed by atoms with E-state index in [1.54, 1.807) is 0 Å². The van der Waals surface area contributed by atoms with Gasteiger partial charge in [0.25, 0.3) is 0 Å². The van der Waals surface area contributed by atoms with Gasteiger partial charge in [-0.15, -0.1) is 0 Å². The molecule has 1 heterocycles. The predicted octanol–water partition coefficient (Wildman–Crippen LogP) is 3.67. The van der Waals surface area contributed by atoms with Gasteiger partial charge in [0.05, 0.1) is 6.42 Å². The molecule has 1 saturated carbocycles. The third-order valence-electron chi connectivity index (χ3n) is 5.10. The minimum atomic E-state index is -0.633. The molecule has 2 rings (SSSR count). The summed E-state index contributed by atoms with van der Waals surface area (Å²) in [5.74, 6) is -0.633. The molecule has 2 unspecified atom stereocenters. The summed E-state index contributed by atoms with van der Waals surface area (Å²) < 4.78 is 0. The molecule has 3 nitrogen and oxygen atoms in total. The van der Waals surface area contributed by atoms with Crippen LogP contribution in [0.5, 0.6) is 0 Å². The van der Waals surface area contributed by atoms with Crippen molar-refractivity contribution >= 4 is 5.97 Å². The fourth-order valence-electron chi connectivity index (χ4n) is 3.90. The molecule has 0 amide bonds. The molecule has 0 aromatic carbocycles. The van der Waals surface area contributed by atoms with Gasteiger partial charge in [-0.2, -0.15) is 0 Å². The Bertz CT molecular complexity index is 314. The Morgan fingerprint density at radius 1 is 1.16 bits per heavy atom. The lowest BCUT2D eigenvalue weighted by molar-refractivity contribution is -0.139. The second-order valence-electron chi connectivity index (χ2n) is 7.23. The molecule has 0 aromatic rings. The molecule has 1 saturated heterocycles. The normalized spacial score (nSPS) is 32.7. The fourth-order valence-corrected chi connectivity index (χ4v) is 3.90. The van der Waals surface area contributed by atoms with Crippen molar-refractivity contribution < 1.29 is 9.90 Å². The maximum absolute atomic E-state index is 11.0. The van der Waals surface area contributed by atoms with Gasteiger partial charge in [-0.1, -0.05) is 26.7 Å². The van der Waals surface area contributed by atoms with E-state index in [0.29, 0.717) is 17.9 Å². The van der Waals surface area contributed by atoms with E-state index >= 15 is 0 Å².